The summed E-state index contributed by atoms with van der Waals surface area (Å²) in [5.41, 5.74) is 1.28. The molecule has 0 bridgehead atoms. The lowest BCUT2D eigenvalue weighted by atomic mass is 10.2. The Labute approximate surface area is 133 Å². The molecule has 0 fully saturated rings. The van der Waals surface area contributed by atoms with Crippen LogP contribution in [0.3, 0.4) is 0 Å². The first-order chi connectivity index (χ1) is 10.9. The first-order valence-corrected chi connectivity index (χ1v) is 8.28. The number of hydrogen-bond acceptors (Lipinski definition) is 3. The Hall–Kier alpha value is -1.58. The van der Waals surface area contributed by atoms with Crippen LogP contribution in [0.2, 0.25) is 0 Å². The fourth-order valence-electron chi connectivity index (χ4n) is 2.32. The molecule has 0 saturated heterocycles. The van der Waals surface area contributed by atoms with Crippen molar-refractivity contribution >= 4 is 0 Å². The van der Waals surface area contributed by atoms with Crippen LogP contribution in [-0.4, -0.2) is 6.61 Å². The van der Waals surface area contributed by atoms with Crippen LogP contribution >= 0.6 is 0 Å². The predicted octanol–water partition coefficient (Wildman–Crippen LogP) is 4.67. The molecule has 1 heterocycles. The number of rotatable bonds is 11. The van der Waals surface area contributed by atoms with Gasteiger partial charge in [0.25, 0.3) is 0 Å². The highest BCUT2D eigenvalue weighted by Crippen LogP contribution is 2.10. The molecule has 0 atom stereocenters. The van der Waals surface area contributed by atoms with Crippen molar-refractivity contribution in [3.63, 3.8) is 0 Å². The molecule has 22 heavy (non-hydrogen) atoms. The Kier molecular flexibility index (Phi) is 7.78. The lowest BCUT2D eigenvalue weighted by molar-refractivity contribution is 0.101. The minimum Gasteiger partial charge on any atom is -0.462 e. The lowest BCUT2D eigenvalue weighted by Crippen LogP contribution is -2.11. The van der Waals surface area contributed by atoms with Crippen molar-refractivity contribution in [1.29, 1.82) is 0 Å². The van der Waals surface area contributed by atoms with Crippen molar-refractivity contribution in [2.45, 2.75) is 52.3 Å². The highest BCUT2D eigenvalue weighted by Gasteiger charge is 2.02. The van der Waals surface area contributed by atoms with E-state index in [1.54, 1.807) is 0 Å². The average Bonchev–Trinajstić information content (AvgIpc) is 3.00. The van der Waals surface area contributed by atoms with Gasteiger partial charge in [0.15, 0.2) is 0 Å². The summed E-state index contributed by atoms with van der Waals surface area (Å²) in [7, 11) is 0. The number of nitrogens with one attached hydrogen (secondary N) is 1. The van der Waals surface area contributed by atoms with Crippen molar-refractivity contribution in [3.8, 4) is 0 Å². The fraction of sp³-hybridized carbons (Fsp3) is 0.474. The normalized spacial score (nSPS) is 11.0. The molecule has 0 unspecified atom stereocenters. The van der Waals surface area contributed by atoms with Gasteiger partial charge in [0.1, 0.15) is 18.1 Å². The van der Waals surface area contributed by atoms with Gasteiger partial charge in [-0.15, -0.1) is 0 Å². The topological polar surface area (TPSA) is 34.4 Å². The monoisotopic (exact) mass is 301 g/mol. The Morgan fingerprint density at radius 3 is 2.55 bits per heavy atom. The van der Waals surface area contributed by atoms with E-state index in [4.69, 9.17) is 9.15 Å². The van der Waals surface area contributed by atoms with Crippen molar-refractivity contribution in [3.05, 3.63) is 59.5 Å². The second kappa shape index (κ2) is 10.2. The first-order valence-electron chi connectivity index (χ1n) is 8.28. The minimum atomic E-state index is 0.574. The van der Waals surface area contributed by atoms with E-state index in [1.807, 2.05) is 18.2 Å². The van der Waals surface area contributed by atoms with E-state index in [0.717, 1.165) is 37.6 Å². The molecule has 0 aliphatic rings. The molecule has 0 saturated carbocycles. The largest absolute Gasteiger partial charge is 0.462 e. The summed E-state index contributed by atoms with van der Waals surface area (Å²) in [5.74, 6) is 1.87. The minimum absolute atomic E-state index is 0.574. The number of hydrogen-bond donors (Lipinski definition) is 1. The van der Waals surface area contributed by atoms with Crippen LogP contribution in [0.15, 0.2) is 46.9 Å². The van der Waals surface area contributed by atoms with Crippen LogP contribution in [0.4, 0.5) is 0 Å². The smallest absolute Gasteiger partial charge is 0.129 e. The molecule has 2 aromatic rings. The molecule has 0 aliphatic heterocycles. The summed E-state index contributed by atoms with van der Waals surface area (Å²) in [5, 5.41) is 3.39. The van der Waals surface area contributed by atoms with E-state index in [-0.39, 0.29) is 0 Å². The van der Waals surface area contributed by atoms with Crippen LogP contribution in [-0.2, 0) is 24.4 Å². The zero-order valence-electron chi connectivity index (χ0n) is 13.5. The van der Waals surface area contributed by atoms with Gasteiger partial charge in [0.05, 0.1) is 6.54 Å². The summed E-state index contributed by atoms with van der Waals surface area (Å²) in [4.78, 5) is 0. The molecule has 120 valence electrons. The van der Waals surface area contributed by atoms with Crippen molar-refractivity contribution in [1.82, 2.24) is 5.32 Å². The highest BCUT2D eigenvalue weighted by molar-refractivity contribution is 5.14. The summed E-state index contributed by atoms with van der Waals surface area (Å²) in [6.07, 6.45) is 4.95. The van der Waals surface area contributed by atoms with Crippen molar-refractivity contribution < 1.29 is 9.15 Å². The van der Waals surface area contributed by atoms with Crippen LogP contribution in [0.25, 0.3) is 0 Å². The van der Waals surface area contributed by atoms with Crippen LogP contribution < -0.4 is 5.32 Å². The quantitative estimate of drug-likeness (QED) is 0.613. The summed E-state index contributed by atoms with van der Waals surface area (Å²) in [6, 6.07) is 14.4. The molecule has 0 radical (unpaired) electrons. The van der Waals surface area contributed by atoms with Gasteiger partial charge in [-0.1, -0.05) is 56.5 Å². The molecule has 1 aromatic heterocycles. The molecule has 2 rings (SSSR count). The summed E-state index contributed by atoms with van der Waals surface area (Å²) in [6.45, 7) is 5.21. The molecule has 3 heteroatoms. The third-order valence-electron chi connectivity index (χ3n) is 3.58. The van der Waals surface area contributed by atoms with E-state index in [0.29, 0.717) is 6.61 Å². The standard InChI is InChI=1S/C19H27NO2/c1-2-3-4-8-13-21-16-19-12-11-18(22-19)15-20-14-17-9-6-5-7-10-17/h5-7,9-12,20H,2-4,8,13-16H2,1H3. The van der Waals surface area contributed by atoms with E-state index < -0.39 is 0 Å². The number of benzene rings is 1. The van der Waals surface area contributed by atoms with Gasteiger partial charge in [0, 0.05) is 13.2 Å². The van der Waals surface area contributed by atoms with Gasteiger partial charge in [-0.2, -0.15) is 0 Å². The Balaban J connectivity index is 1.60. The second-order valence-electron chi connectivity index (χ2n) is 5.57. The van der Waals surface area contributed by atoms with Gasteiger partial charge < -0.3 is 14.5 Å². The van der Waals surface area contributed by atoms with E-state index in [1.165, 1.54) is 24.8 Å². The van der Waals surface area contributed by atoms with Gasteiger partial charge in [-0.05, 0) is 24.1 Å². The summed E-state index contributed by atoms with van der Waals surface area (Å²) >= 11 is 0. The Morgan fingerprint density at radius 2 is 1.73 bits per heavy atom. The van der Waals surface area contributed by atoms with Gasteiger partial charge in [0.2, 0.25) is 0 Å². The van der Waals surface area contributed by atoms with E-state index in [9.17, 15) is 0 Å². The van der Waals surface area contributed by atoms with Crippen LogP contribution in [0.5, 0.6) is 0 Å². The van der Waals surface area contributed by atoms with Gasteiger partial charge >= 0.3 is 0 Å². The fourth-order valence-corrected chi connectivity index (χ4v) is 2.32. The zero-order valence-corrected chi connectivity index (χ0v) is 13.5. The summed E-state index contributed by atoms with van der Waals surface area (Å²) < 4.78 is 11.4. The first kappa shape index (κ1) is 16.8. The van der Waals surface area contributed by atoms with Crippen molar-refractivity contribution in [2.24, 2.45) is 0 Å². The lowest BCUT2D eigenvalue weighted by Gasteiger charge is -2.03. The molecule has 0 amide bonds. The van der Waals surface area contributed by atoms with Gasteiger partial charge in [-0.25, -0.2) is 0 Å². The third-order valence-corrected chi connectivity index (χ3v) is 3.58. The molecular weight excluding hydrogens is 274 g/mol. The second-order valence-corrected chi connectivity index (χ2v) is 5.57. The number of ether oxygens (including phenoxy) is 1. The molecule has 0 spiro atoms. The third kappa shape index (κ3) is 6.46. The molecule has 1 aromatic carbocycles. The Bertz CT molecular complexity index is 507. The maximum atomic E-state index is 5.76. The van der Waals surface area contributed by atoms with Crippen LogP contribution in [0, 0.1) is 0 Å². The number of unbranched alkanes of at least 4 members (excludes halogenated alkanes) is 3. The molecular formula is C19H27NO2. The average molecular weight is 301 g/mol. The van der Waals surface area contributed by atoms with Gasteiger partial charge in [-0.3, -0.25) is 0 Å². The molecule has 0 aliphatic carbocycles. The van der Waals surface area contributed by atoms with Crippen LogP contribution in [0.1, 0.15) is 49.7 Å². The predicted molar refractivity (Wildman–Crippen MR) is 89.5 cm³/mol. The van der Waals surface area contributed by atoms with E-state index >= 15 is 0 Å². The molecule has 3 nitrogen and oxygen atoms in total. The van der Waals surface area contributed by atoms with Crippen molar-refractivity contribution in [2.75, 3.05) is 6.61 Å². The molecule has 1 N–H and O–H groups in total. The highest BCUT2D eigenvalue weighted by atomic mass is 16.5. The van der Waals surface area contributed by atoms with E-state index in [2.05, 4.69) is 36.5 Å². The zero-order chi connectivity index (χ0) is 15.5. The maximum Gasteiger partial charge on any atom is 0.129 e. The maximum absolute atomic E-state index is 5.76. The SMILES string of the molecule is CCCCCCOCc1ccc(CNCc2ccccc2)o1. The number of furan rings is 1. The Morgan fingerprint density at radius 1 is 0.909 bits per heavy atom.